The van der Waals surface area contributed by atoms with Gasteiger partial charge in [0, 0.05) is 0 Å². The lowest BCUT2D eigenvalue weighted by molar-refractivity contribution is -0.169. The molecule has 0 aliphatic carbocycles. The molecule has 0 atom stereocenters. The van der Waals surface area contributed by atoms with Crippen LogP contribution in [-0.2, 0) is 16.2 Å². The van der Waals surface area contributed by atoms with Gasteiger partial charge in [-0.25, -0.2) is 5.06 Å². The zero-order valence-electron chi connectivity index (χ0n) is 9.56. The summed E-state index contributed by atoms with van der Waals surface area (Å²) in [4.78, 5) is 17.0. The number of carbonyl (C=O) groups excluding carboxylic acids is 1. The number of hydroxylamine groups is 2. The van der Waals surface area contributed by atoms with Crippen molar-refractivity contribution in [2.24, 2.45) is 0 Å². The maximum Gasteiger partial charge on any atom is 0.267 e. The van der Waals surface area contributed by atoms with Crippen molar-refractivity contribution in [3.05, 3.63) is 11.4 Å². The third kappa shape index (κ3) is 1.88. The number of amides is 1. The molecule has 1 saturated heterocycles. The molecule has 2 heterocycles. The lowest BCUT2D eigenvalue weighted by Crippen LogP contribution is -2.30. The lowest BCUT2D eigenvalue weighted by Gasteiger charge is -2.14. The molecule has 1 aromatic heterocycles. The number of carbonyl (C=O) groups is 1. The van der Waals surface area contributed by atoms with Crippen LogP contribution in [-0.4, -0.2) is 33.9 Å². The molecule has 2 N–H and O–H groups in total. The van der Waals surface area contributed by atoms with Crippen LogP contribution in [0.1, 0.15) is 17.8 Å². The van der Waals surface area contributed by atoms with Crippen molar-refractivity contribution >= 4 is 11.6 Å². The molecular weight excluding hydrogens is 208 g/mol. The monoisotopic (exact) mass is 224 g/mol. The molecule has 1 aliphatic heterocycles. The smallest absolute Gasteiger partial charge is 0.267 e. The molecule has 0 unspecified atom stereocenters. The minimum atomic E-state index is -0.0805. The summed E-state index contributed by atoms with van der Waals surface area (Å²) in [5, 5.41) is 5.61. The van der Waals surface area contributed by atoms with Gasteiger partial charge in [0.2, 0.25) is 0 Å². The molecule has 0 bridgehead atoms. The SMILES string of the molecule is Cc1nn(CC(=O)N2CCCO2)c(C)c1N. The minimum Gasteiger partial charge on any atom is -0.396 e. The van der Waals surface area contributed by atoms with Crippen LogP contribution in [0, 0.1) is 13.8 Å². The van der Waals surface area contributed by atoms with Crippen molar-refractivity contribution in [2.45, 2.75) is 26.8 Å². The standard InChI is InChI=1S/C10H16N4O2/c1-7-10(11)8(2)13(12-7)6-9(15)14-4-3-5-16-14/h3-6,11H2,1-2H3. The third-order valence-corrected chi connectivity index (χ3v) is 2.75. The topological polar surface area (TPSA) is 73.4 Å². The summed E-state index contributed by atoms with van der Waals surface area (Å²) < 4.78 is 1.62. The van der Waals surface area contributed by atoms with Crippen molar-refractivity contribution in [1.82, 2.24) is 14.8 Å². The molecule has 6 heteroatoms. The highest BCUT2D eigenvalue weighted by Gasteiger charge is 2.21. The molecule has 0 spiro atoms. The van der Waals surface area contributed by atoms with Crippen molar-refractivity contribution in [1.29, 1.82) is 0 Å². The van der Waals surface area contributed by atoms with Gasteiger partial charge in [-0.15, -0.1) is 0 Å². The Morgan fingerprint density at radius 3 is 2.81 bits per heavy atom. The van der Waals surface area contributed by atoms with Gasteiger partial charge in [-0.2, -0.15) is 5.10 Å². The number of hydrogen-bond acceptors (Lipinski definition) is 4. The predicted octanol–water partition coefficient (Wildman–Crippen LogP) is 0.246. The first-order valence-corrected chi connectivity index (χ1v) is 5.32. The van der Waals surface area contributed by atoms with Crippen LogP contribution in [0.2, 0.25) is 0 Å². The van der Waals surface area contributed by atoms with Gasteiger partial charge in [0.25, 0.3) is 5.91 Å². The highest BCUT2D eigenvalue weighted by Crippen LogP contribution is 2.15. The Morgan fingerprint density at radius 2 is 2.31 bits per heavy atom. The summed E-state index contributed by atoms with van der Waals surface area (Å²) in [6, 6.07) is 0. The Labute approximate surface area is 93.9 Å². The maximum atomic E-state index is 11.8. The Hall–Kier alpha value is -1.56. The Balaban J connectivity index is 2.08. The number of anilines is 1. The molecule has 88 valence electrons. The van der Waals surface area contributed by atoms with Crippen molar-refractivity contribution in [3.63, 3.8) is 0 Å². The third-order valence-electron chi connectivity index (χ3n) is 2.75. The van der Waals surface area contributed by atoms with Crippen LogP contribution < -0.4 is 5.73 Å². The van der Waals surface area contributed by atoms with Gasteiger partial charge < -0.3 is 5.73 Å². The van der Waals surface area contributed by atoms with Gasteiger partial charge >= 0.3 is 0 Å². The van der Waals surface area contributed by atoms with Crippen LogP contribution in [0.3, 0.4) is 0 Å². The molecule has 6 nitrogen and oxygen atoms in total. The molecule has 0 aromatic carbocycles. The van der Waals surface area contributed by atoms with Crippen LogP contribution in [0.4, 0.5) is 5.69 Å². The number of aromatic nitrogens is 2. The average Bonchev–Trinajstić information content (AvgIpc) is 2.85. The quantitative estimate of drug-likeness (QED) is 0.781. The summed E-state index contributed by atoms with van der Waals surface area (Å²) in [6.45, 7) is 5.14. The fourth-order valence-electron chi connectivity index (χ4n) is 1.72. The van der Waals surface area contributed by atoms with E-state index in [1.165, 1.54) is 5.06 Å². The first kappa shape index (κ1) is 10.9. The summed E-state index contributed by atoms with van der Waals surface area (Å²) in [5.41, 5.74) is 8.02. The van der Waals surface area contributed by atoms with E-state index >= 15 is 0 Å². The highest BCUT2D eigenvalue weighted by atomic mass is 16.7. The van der Waals surface area contributed by atoms with E-state index in [0.717, 1.165) is 17.8 Å². The number of aryl methyl sites for hydroxylation is 1. The molecule has 1 amide bonds. The molecule has 2 rings (SSSR count). The Kier molecular flexibility index (Phi) is 2.82. The van der Waals surface area contributed by atoms with E-state index in [1.54, 1.807) is 4.68 Å². The fraction of sp³-hybridized carbons (Fsp3) is 0.600. The lowest BCUT2D eigenvalue weighted by atomic mass is 10.3. The molecule has 0 radical (unpaired) electrons. The molecule has 1 fully saturated rings. The number of nitrogens with zero attached hydrogens (tertiary/aromatic N) is 3. The summed E-state index contributed by atoms with van der Waals surface area (Å²) in [5.74, 6) is -0.0805. The average molecular weight is 224 g/mol. The van der Waals surface area contributed by atoms with Crippen molar-refractivity contribution < 1.29 is 9.63 Å². The minimum absolute atomic E-state index is 0.0805. The summed E-state index contributed by atoms with van der Waals surface area (Å²) >= 11 is 0. The molecule has 0 saturated carbocycles. The zero-order chi connectivity index (χ0) is 11.7. The maximum absolute atomic E-state index is 11.8. The van der Waals surface area contributed by atoms with E-state index in [2.05, 4.69) is 5.10 Å². The van der Waals surface area contributed by atoms with E-state index in [0.29, 0.717) is 18.8 Å². The second-order valence-corrected chi connectivity index (χ2v) is 3.92. The van der Waals surface area contributed by atoms with Gasteiger partial charge in [-0.1, -0.05) is 0 Å². The van der Waals surface area contributed by atoms with E-state index in [-0.39, 0.29) is 12.5 Å². The van der Waals surface area contributed by atoms with Gasteiger partial charge in [0.15, 0.2) is 0 Å². The highest BCUT2D eigenvalue weighted by molar-refractivity contribution is 5.75. The first-order chi connectivity index (χ1) is 7.59. The zero-order valence-corrected chi connectivity index (χ0v) is 9.56. The van der Waals surface area contributed by atoms with Crippen LogP contribution in [0.25, 0.3) is 0 Å². The Morgan fingerprint density at radius 1 is 1.56 bits per heavy atom. The van der Waals surface area contributed by atoms with Crippen LogP contribution in [0.15, 0.2) is 0 Å². The summed E-state index contributed by atoms with van der Waals surface area (Å²) in [7, 11) is 0. The van der Waals surface area contributed by atoms with Gasteiger partial charge in [-0.05, 0) is 20.3 Å². The first-order valence-electron chi connectivity index (χ1n) is 5.32. The van der Waals surface area contributed by atoms with E-state index in [9.17, 15) is 4.79 Å². The fourth-order valence-corrected chi connectivity index (χ4v) is 1.72. The van der Waals surface area contributed by atoms with Crippen molar-refractivity contribution in [2.75, 3.05) is 18.9 Å². The molecular formula is C10H16N4O2. The van der Waals surface area contributed by atoms with Gasteiger partial charge in [0.1, 0.15) is 6.54 Å². The number of rotatable bonds is 2. The largest absolute Gasteiger partial charge is 0.396 e. The van der Waals surface area contributed by atoms with Crippen molar-refractivity contribution in [3.8, 4) is 0 Å². The van der Waals surface area contributed by atoms with Gasteiger partial charge in [-0.3, -0.25) is 14.3 Å². The molecule has 1 aromatic rings. The normalized spacial score (nSPS) is 15.8. The number of nitrogen functional groups attached to an aromatic ring is 1. The second-order valence-electron chi connectivity index (χ2n) is 3.92. The molecule has 1 aliphatic rings. The van der Waals surface area contributed by atoms with E-state index in [1.807, 2.05) is 13.8 Å². The predicted molar refractivity (Wildman–Crippen MR) is 58.4 cm³/mol. The van der Waals surface area contributed by atoms with Crippen LogP contribution >= 0.6 is 0 Å². The number of nitrogens with two attached hydrogens (primary N) is 1. The van der Waals surface area contributed by atoms with Gasteiger partial charge in [0.05, 0.1) is 30.2 Å². The van der Waals surface area contributed by atoms with E-state index < -0.39 is 0 Å². The van der Waals surface area contributed by atoms with Crippen LogP contribution in [0.5, 0.6) is 0 Å². The second kappa shape index (κ2) is 4.13. The Bertz CT molecular complexity index is 407. The van der Waals surface area contributed by atoms with E-state index in [4.69, 9.17) is 10.6 Å². The molecule has 16 heavy (non-hydrogen) atoms. The number of hydrogen-bond donors (Lipinski definition) is 1. The summed E-state index contributed by atoms with van der Waals surface area (Å²) in [6.07, 6.45) is 0.894.